The quantitative estimate of drug-likeness (QED) is 0.0656. The van der Waals surface area contributed by atoms with Gasteiger partial charge in [-0.2, -0.15) is 0 Å². The monoisotopic (exact) mass is 879 g/mol. The Morgan fingerprint density at radius 2 is 1.31 bits per heavy atom. The molecule has 1 fully saturated rings. The van der Waals surface area contributed by atoms with Gasteiger partial charge in [0.1, 0.15) is 59.9 Å². The molecular weight excluding hydrogens is 835 g/mol. The largest absolute Gasteiger partial charge is 0.497 e. The number of methoxy groups -OCH3 is 3. The van der Waals surface area contributed by atoms with Crippen molar-refractivity contribution >= 4 is 35.6 Å². The molecular formula is C50H45N3O10S. The molecule has 2 amide bonds. The van der Waals surface area contributed by atoms with Gasteiger partial charge in [0.15, 0.2) is 17.3 Å². The predicted molar refractivity (Wildman–Crippen MR) is 241 cm³/mol. The minimum absolute atomic E-state index is 0.0248. The van der Waals surface area contributed by atoms with Gasteiger partial charge in [-0.25, -0.2) is 4.79 Å². The SMILES string of the molecule is COc1ccc(COC(=O)C2=C(/C=C/c3cc(-c4ccc(OCc5ccc(OC)cc5)c(OCc5ccc(OC)cc5)c4)no3)CS[C@@H]3[C@H](NC(=O)Cc4ccccc4)C(=O)N23)cc1. The van der Waals surface area contributed by atoms with E-state index in [1.807, 2.05) is 97.1 Å². The number of benzene rings is 5. The van der Waals surface area contributed by atoms with Gasteiger partial charge in [-0.15, -0.1) is 11.8 Å². The molecule has 0 saturated carbocycles. The molecule has 13 nitrogen and oxygen atoms in total. The molecule has 1 aromatic heterocycles. The van der Waals surface area contributed by atoms with E-state index in [1.54, 1.807) is 63.8 Å². The lowest BCUT2D eigenvalue weighted by molar-refractivity contribution is -0.153. The third kappa shape index (κ3) is 10.2. The minimum atomic E-state index is -0.794. The lowest BCUT2D eigenvalue weighted by atomic mass is 10.0. The number of nitrogens with one attached hydrogen (secondary N) is 1. The van der Waals surface area contributed by atoms with Gasteiger partial charge in [0, 0.05) is 17.4 Å². The first-order valence-corrected chi connectivity index (χ1v) is 21.4. The average molecular weight is 880 g/mol. The first kappa shape index (κ1) is 43.2. The Hall–Kier alpha value is -7.45. The molecule has 3 heterocycles. The van der Waals surface area contributed by atoms with E-state index in [1.165, 1.54) is 16.7 Å². The third-order valence-corrected chi connectivity index (χ3v) is 11.9. The molecule has 2 atom stereocenters. The van der Waals surface area contributed by atoms with Gasteiger partial charge >= 0.3 is 5.97 Å². The summed E-state index contributed by atoms with van der Waals surface area (Å²) in [7, 11) is 4.82. The number of thioether (sulfide) groups is 1. The molecule has 0 unspecified atom stereocenters. The summed E-state index contributed by atoms with van der Waals surface area (Å²) in [5.41, 5.74) is 5.38. The zero-order valence-corrected chi connectivity index (χ0v) is 36.2. The summed E-state index contributed by atoms with van der Waals surface area (Å²) in [5.74, 6) is 2.64. The number of β-lactam (4-membered cyclic amide) rings is 1. The number of amides is 2. The van der Waals surface area contributed by atoms with Gasteiger partial charge in [0.2, 0.25) is 5.91 Å². The first-order valence-electron chi connectivity index (χ1n) is 20.4. The standard InChI is InChI=1S/C50H45N3O10S/c1-57-38-17-9-33(10-18-38)28-60-43-24-16-36(26-44(43)61-29-34-11-19-39(58-2)20-12-34)42-27-41(63-52-42)23-15-37-31-64-49-46(51-45(54)25-32-7-5-4-6-8-32)48(55)53(49)47(37)50(56)62-30-35-13-21-40(59-3)22-14-35/h4-24,26-27,46,49H,25,28-31H2,1-3H3,(H,51,54)/b23-15+/t46-,49-/m1/s1. The van der Waals surface area contributed by atoms with E-state index in [-0.39, 0.29) is 31.2 Å². The number of esters is 1. The Bertz CT molecular complexity index is 2650. The molecule has 5 aromatic carbocycles. The van der Waals surface area contributed by atoms with E-state index in [4.69, 9.17) is 32.9 Å². The second-order valence-corrected chi connectivity index (χ2v) is 15.9. The molecule has 1 N–H and O–H groups in total. The second-order valence-electron chi connectivity index (χ2n) is 14.8. The van der Waals surface area contributed by atoms with Crippen molar-refractivity contribution in [3.8, 4) is 40.0 Å². The third-order valence-electron chi connectivity index (χ3n) is 10.6. The number of ether oxygens (including phenoxy) is 6. The van der Waals surface area contributed by atoms with Gasteiger partial charge in [-0.05, 0) is 88.5 Å². The van der Waals surface area contributed by atoms with Crippen molar-refractivity contribution in [2.45, 2.75) is 37.7 Å². The fourth-order valence-corrected chi connectivity index (χ4v) is 8.38. The molecule has 6 aromatic rings. The number of hydrogen-bond donors (Lipinski definition) is 1. The van der Waals surface area contributed by atoms with Crippen LogP contribution in [0.4, 0.5) is 0 Å². The first-order chi connectivity index (χ1) is 31.3. The fraction of sp³-hybridized carbons (Fsp3) is 0.200. The summed E-state index contributed by atoms with van der Waals surface area (Å²) in [6, 6.07) is 38.2. The average Bonchev–Trinajstić information content (AvgIpc) is 3.82. The molecule has 14 heteroatoms. The molecule has 0 aliphatic carbocycles. The van der Waals surface area contributed by atoms with Crippen LogP contribution in [0.5, 0.6) is 28.7 Å². The fourth-order valence-electron chi connectivity index (χ4n) is 7.06. The lowest BCUT2D eigenvalue weighted by Gasteiger charge is -2.49. The normalized spacial score (nSPS) is 15.5. The summed E-state index contributed by atoms with van der Waals surface area (Å²) >= 11 is 1.45. The number of carbonyl (C=O) groups excluding carboxylic acids is 3. The van der Waals surface area contributed by atoms with Crippen molar-refractivity contribution in [2.24, 2.45) is 0 Å². The van der Waals surface area contributed by atoms with Crippen LogP contribution in [0.1, 0.15) is 28.0 Å². The number of aromatic nitrogens is 1. The molecule has 2 aliphatic heterocycles. The highest BCUT2D eigenvalue weighted by Crippen LogP contribution is 2.42. The van der Waals surface area contributed by atoms with Gasteiger partial charge in [0.25, 0.3) is 5.91 Å². The van der Waals surface area contributed by atoms with Gasteiger partial charge in [-0.1, -0.05) is 78.0 Å². The maximum atomic E-state index is 13.9. The number of nitrogens with zero attached hydrogens (tertiary/aromatic N) is 2. The number of allylic oxidation sites excluding steroid dienone is 1. The zero-order valence-electron chi connectivity index (χ0n) is 35.4. The van der Waals surface area contributed by atoms with Crippen LogP contribution >= 0.6 is 11.8 Å². The van der Waals surface area contributed by atoms with Gasteiger partial charge in [-0.3, -0.25) is 14.5 Å². The Labute approximate surface area is 374 Å². The molecule has 64 heavy (non-hydrogen) atoms. The summed E-state index contributed by atoms with van der Waals surface area (Å²) in [5, 5.41) is 6.72. The van der Waals surface area contributed by atoms with E-state index in [0.717, 1.165) is 39.3 Å². The summed E-state index contributed by atoms with van der Waals surface area (Å²) in [6.45, 7) is 0.556. The highest BCUT2D eigenvalue weighted by Gasteiger charge is 2.54. The van der Waals surface area contributed by atoms with Crippen molar-refractivity contribution in [1.82, 2.24) is 15.4 Å². The van der Waals surface area contributed by atoms with Crippen LogP contribution in [0.15, 0.2) is 149 Å². The Balaban J connectivity index is 1.01. The van der Waals surface area contributed by atoms with Crippen molar-refractivity contribution in [1.29, 1.82) is 0 Å². The maximum Gasteiger partial charge on any atom is 0.355 e. The molecule has 2 aliphatic rings. The van der Waals surface area contributed by atoms with Crippen LogP contribution in [0.3, 0.4) is 0 Å². The molecule has 0 bridgehead atoms. The molecule has 326 valence electrons. The van der Waals surface area contributed by atoms with Crippen molar-refractivity contribution < 1.29 is 47.3 Å². The van der Waals surface area contributed by atoms with Crippen LogP contribution in [0.25, 0.3) is 17.3 Å². The highest BCUT2D eigenvalue weighted by atomic mass is 32.2. The predicted octanol–water partition coefficient (Wildman–Crippen LogP) is 8.18. The lowest BCUT2D eigenvalue weighted by Crippen LogP contribution is -2.70. The number of carbonyl (C=O) groups is 3. The van der Waals surface area contributed by atoms with E-state index >= 15 is 0 Å². The van der Waals surface area contributed by atoms with E-state index in [0.29, 0.717) is 46.6 Å². The van der Waals surface area contributed by atoms with Crippen LogP contribution in [0, 0.1) is 0 Å². The zero-order chi connectivity index (χ0) is 44.4. The van der Waals surface area contributed by atoms with Gasteiger partial charge < -0.3 is 38.3 Å². The molecule has 0 radical (unpaired) electrons. The smallest absolute Gasteiger partial charge is 0.355 e. The Kier molecular flexibility index (Phi) is 13.6. The number of rotatable bonds is 18. The van der Waals surface area contributed by atoms with Crippen molar-refractivity contribution in [2.75, 3.05) is 27.1 Å². The topological polar surface area (TPSA) is 148 Å². The number of fused-ring (bicyclic) bond motifs is 1. The maximum absolute atomic E-state index is 13.9. The van der Waals surface area contributed by atoms with Crippen LogP contribution < -0.4 is 29.0 Å². The molecule has 1 saturated heterocycles. The molecule has 0 spiro atoms. The minimum Gasteiger partial charge on any atom is -0.497 e. The van der Waals surface area contributed by atoms with Crippen LogP contribution in [0.2, 0.25) is 0 Å². The summed E-state index contributed by atoms with van der Waals surface area (Å²) < 4.78 is 40.0. The second kappa shape index (κ2) is 20.2. The van der Waals surface area contributed by atoms with Crippen molar-refractivity contribution in [3.05, 3.63) is 173 Å². The van der Waals surface area contributed by atoms with E-state index < -0.39 is 23.3 Å². The Morgan fingerprint density at radius 1 is 0.719 bits per heavy atom. The van der Waals surface area contributed by atoms with E-state index in [9.17, 15) is 14.4 Å². The van der Waals surface area contributed by atoms with E-state index in [2.05, 4.69) is 10.5 Å². The number of hydrogen-bond acceptors (Lipinski definition) is 12. The summed E-state index contributed by atoms with van der Waals surface area (Å²) in [6.07, 6.45) is 3.55. The van der Waals surface area contributed by atoms with Crippen molar-refractivity contribution in [3.63, 3.8) is 0 Å². The molecule has 8 rings (SSSR count). The summed E-state index contributed by atoms with van der Waals surface area (Å²) in [4.78, 5) is 42.0. The van der Waals surface area contributed by atoms with Gasteiger partial charge in [0.05, 0.1) is 27.8 Å². The van der Waals surface area contributed by atoms with Crippen LogP contribution in [-0.4, -0.2) is 66.3 Å². The highest BCUT2D eigenvalue weighted by molar-refractivity contribution is 8.00. The van der Waals surface area contributed by atoms with Crippen LogP contribution in [-0.2, 0) is 45.4 Å². The Morgan fingerprint density at radius 3 is 1.92 bits per heavy atom.